The van der Waals surface area contributed by atoms with Crippen LogP contribution >= 0.6 is 11.6 Å². The van der Waals surface area contributed by atoms with E-state index in [-0.39, 0.29) is 5.91 Å². The zero-order valence-corrected chi connectivity index (χ0v) is 13.0. The predicted molar refractivity (Wildman–Crippen MR) is 83.2 cm³/mol. The fourth-order valence-electron chi connectivity index (χ4n) is 2.76. The second kappa shape index (κ2) is 7.09. The Hall–Kier alpha value is -1.06. The number of amides is 1. The Morgan fingerprint density at radius 3 is 2.40 bits per heavy atom. The van der Waals surface area contributed by atoms with Gasteiger partial charge in [0.1, 0.15) is 0 Å². The van der Waals surface area contributed by atoms with Crippen LogP contribution in [0.1, 0.15) is 37.0 Å². The first-order chi connectivity index (χ1) is 9.58. The maximum absolute atomic E-state index is 12.1. The van der Waals surface area contributed by atoms with Crippen LogP contribution in [-0.4, -0.2) is 36.5 Å². The molecule has 1 atom stereocenters. The normalized spacial score (nSPS) is 17.4. The maximum atomic E-state index is 12.1. The van der Waals surface area contributed by atoms with E-state index in [1.807, 2.05) is 0 Å². The molecule has 1 heterocycles. The highest BCUT2D eigenvalue weighted by atomic mass is 35.5. The Kier molecular flexibility index (Phi) is 5.44. The summed E-state index contributed by atoms with van der Waals surface area (Å²) in [5.41, 5.74) is 0.665. The number of benzene rings is 1. The molecule has 0 aliphatic carbocycles. The van der Waals surface area contributed by atoms with Crippen molar-refractivity contribution in [3.05, 3.63) is 34.9 Å². The molecule has 20 heavy (non-hydrogen) atoms. The molecule has 4 heteroatoms. The first-order valence-electron chi connectivity index (χ1n) is 7.35. The van der Waals surface area contributed by atoms with Gasteiger partial charge in [0.15, 0.2) is 0 Å². The minimum Gasteiger partial charge on any atom is -0.350 e. The van der Waals surface area contributed by atoms with Crippen LogP contribution in [0.3, 0.4) is 0 Å². The number of rotatable bonds is 5. The van der Waals surface area contributed by atoms with Crippen LogP contribution in [0.25, 0.3) is 0 Å². The van der Waals surface area contributed by atoms with Crippen LogP contribution in [0.15, 0.2) is 24.3 Å². The van der Waals surface area contributed by atoms with Crippen LogP contribution < -0.4 is 5.32 Å². The smallest absolute Gasteiger partial charge is 0.251 e. The van der Waals surface area contributed by atoms with E-state index in [0.29, 0.717) is 29.1 Å². The molecule has 1 aliphatic rings. The van der Waals surface area contributed by atoms with Gasteiger partial charge in [0, 0.05) is 23.2 Å². The highest BCUT2D eigenvalue weighted by Gasteiger charge is 2.24. The average Bonchev–Trinajstić information content (AvgIpc) is 2.93. The predicted octanol–water partition coefficient (Wildman–Crippen LogP) is 3.19. The molecule has 0 spiro atoms. The zero-order chi connectivity index (χ0) is 14.5. The lowest BCUT2D eigenvalue weighted by Crippen LogP contribution is -2.45. The topological polar surface area (TPSA) is 32.3 Å². The molecule has 0 saturated carbocycles. The number of hydrogen-bond donors (Lipinski definition) is 1. The van der Waals surface area contributed by atoms with Gasteiger partial charge in [0.25, 0.3) is 5.91 Å². The standard InChI is InChI=1S/C16H23ClN2O/c1-12(2)15(19-9-3-4-10-19)11-18-16(20)13-5-7-14(17)8-6-13/h5-8,12,15H,3-4,9-11H2,1-2H3,(H,18,20). The van der Waals surface area contributed by atoms with Crippen molar-refractivity contribution in [2.24, 2.45) is 5.92 Å². The number of carbonyl (C=O) groups is 1. The molecule has 0 bridgehead atoms. The Labute approximate surface area is 126 Å². The van der Waals surface area contributed by atoms with E-state index < -0.39 is 0 Å². The molecule has 1 amide bonds. The molecule has 110 valence electrons. The first-order valence-corrected chi connectivity index (χ1v) is 7.73. The van der Waals surface area contributed by atoms with Crippen molar-refractivity contribution in [3.8, 4) is 0 Å². The molecular weight excluding hydrogens is 272 g/mol. The van der Waals surface area contributed by atoms with Crippen LogP contribution in [0, 0.1) is 5.92 Å². The van der Waals surface area contributed by atoms with Gasteiger partial charge in [-0.15, -0.1) is 0 Å². The van der Waals surface area contributed by atoms with Gasteiger partial charge in [0.05, 0.1) is 0 Å². The van der Waals surface area contributed by atoms with Crippen molar-refractivity contribution in [1.82, 2.24) is 10.2 Å². The number of hydrogen-bond acceptors (Lipinski definition) is 2. The van der Waals surface area contributed by atoms with Gasteiger partial charge in [-0.3, -0.25) is 9.69 Å². The fraction of sp³-hybridized carbons (Fsp3) is 0.562. The third-order valence-electron chi connectivity index (χ3n) is 3.96. The van der Waals surface area contributed by atoms with E-state index in [1.54, 1.807) is 24.3 Å². The largest absolute Gasteiger partial charge is 0.350 e. The summed E-state index contributed by atoms with van der Waals surface area (Å²) in [4.78, 5) is 14.6. The number of carbonyl (C=O) groups excluding carboxylic acids is 1. The third kappa shape index (κ3) is 3.97. The average molecular weight is 295 g/mol. The minimum atomic E-state index is -0.0217. The summed E-state index contributed by atoms with van der Waals surface area (Å²) in [5, 5.41) is 3.70. The third-order valence-corrected chi connectivity index (χ3v) is 4.21. The van der Waals surface area contributed by atoms with E-state index in [9.17, 15) is 4.79 Å². The molecule has 1 saturated heterocycles. The highest BCUT2D eigenvalue weighted by Crippen LogP contribution is 2.17. The summed E-state index contributed by atoms with van der Waals surface area (Å²) in [6, 6.07) is 7.44. The molecule has 1 aromatic rings. The van der Waals surface area contributed by atoms with Gasteiger partial charge in [-0.2, -0.15) is 0 Å². The first kappa shape index (κ1) is 15.3. The van der Waals surface area contributed by atoms with Crippen molar-refractivity contribution in [1.29, 1.82) is 0 Å². The Morgan fingerprint density at radius 2 is 1.85 bits per heavy atom. The molecule has 0 radical (unpaired) electrons. The van der Waals surface area contributed by atoms with Crippen LogP contribution in [0.4, 0.5) is 0 Å². The maximum Gasteiger partial charge on any atom is 0.251 e. The molecule has 1 unspecified atom stereocenters. The van der Waals surface area contributed by atoms with Gasteiger partial charge < -0.3 is 5.32 Å². The minimum absolute atomic E-state index is 0.0217. The molecular formula is C16H23ClN2O. The molecule has 1 N–H and O–H groups in total. The lowest BCUT2D eigenvalue weighted by molar-refractivity contribution is 0.0927. The van der Waals surface area contributed by atoms with Crippen molar-refractivity contribution >= 4 is 17.5 Å². The summed E-state index contributed by atoms with van der Waals surface area (Å²) in [5.74, 6) is 0.519. The molecule has 2 rings (SSSR count). The quantitative estimate of drug-likeness (QED) is 0.904. The van der Waals surface area contributed by atoms with Gasteiger partial charge in [-0.05, 0) is 56.1 Å². The summed E-state index contributed by atoms with van der Waals surface area (Å²) in [6.45, 7) is 7.45. The van der Waals surface area contributed by atoms with Crippen LogP contribution in [-0.2, 0) is 0 Å². The Balaban J connectivity index is 1.91. The Bertz CT molecular complexity index is 438. The van der Waals surface area contributed by atoms with Crippen molar-refractivity contribution in [2.45, 2.75) is 32.7 Å². The van der Waals surface area contributed by atoms with Crippen LogP contribution in [0.2, 0.25) is 5.02 Å². The van der Waals surface area contributed by atoms with Crippen molar-refractivity contribution < 1.29 is 4.79 Å². The number of halogens is 1. The van der Waals surface area contributed by atoms with Gasteiger partial charge in [-0.1, -0.05) is 25.4 Å². The number of likely N-dealkylation sites (tertiary alicyclic amines) is 1. The van der Waals surface area contributed by atoms with Crippen molar-refractivity contribution in [3.63, 3.8) is 0 Å². The lowest BCUT2D eigenvalue weighted by atomic mass is 10.0. The summed E-state index contributed by atoms with van der Waals surface area (Å²) >= 11 is 5.83. The van der Waals surface area contributed by atoms with Crippen molar-refractivity contribution in [2.75, 3.05) is 19.6 Å². The van der Waals surface area contributed by atoms with E-state index in [2.05, 4.69) is 24.1 Å². The van der Waals surface area contributed by atoms with E-state index in [1.165, 1.54) is 12.8 Å². The molecule has 1 aromatic carbocycles. The fourth-order valence-corrected chi connectivity index (χ4v) is 2.89. The molecule has 3 nitrogen and oxygen atoms in total. The zero-order valence-electron chi connectivity index (χ0n) is 12.2. The molecule has 0 aromatic heterocycles. The summed E-state index contributed by atoms with van der Waals surface area (Å²) < 4.78 is 0. The van der Waals surface area contributed by atoms with E-state index in [4.69, 9.17) is 11.6 Å². The molecule has 1 fully saturated rings. The second-order valence-corrected chi connectivity index (χ2v) is 6.21. The number of nitrogens with one attached hydrogen (secondary N) is 1. The van der Waals surface area contributed by atoms with E-state index in [0.717, 1.165) is 13.1 Å². The summed E-state index contributed by atoms with van der Waals surface area (Å²) in [7, 11) is 0. The second-order valence-electron chi connectivity index (χ2n) is 5.77. The van der Waals surface area contributed by atoms with Gasteiger partial charge in [-0.25, -0.2) is 0 Å². The van der Waals surface area contributed by atoms with E-state index >= 15 is 0 Å². The van der Waals surface area contributed by atoms with Crippen LogP contribution in [0.5, 0.6) is 0 Å². The monoisotopic (exact) mass is 294 g/mol. The highest BCUT2D eigenvalue weighted by molar-refractivity contribution is 6.30. The molecule has 1 aliphatic heterocycles. The number of nitrogens with zero attached hydrogens (tertiary/aromatic N) is 1. The summed E-state index contributed by atoms with van der Waals surface area (Å²) in [6.07, 6.45) is 2.54. The van der Waals surface area contributed by atoms with Gasteiger partial charge >= 0.3 is 0 Å². The Morgan fingerprint density at radius 1 is 1.25 bits per heavy atom. The van der Waals surface area contributed by atoms with Gasteiger partial charge in [0.2, 0.25) is 0 Å². The SMILES string of the molecule is CC(C)C(CNC(=O)c1ccc(Cl)cc1)N1CCCC1. The lowest BCUT2D eigenvalue weighted by Gasteiger charge is -2.31.